The van der Waals surface area contributed by atoms with Gasteiger partial charge in [-0.3, -0.25) is 14.4 Å². The van der Waals surface area contributed by atoms with Crippen molar-refractivity contribution in [2.75, 3.05) is 13.2 Å². The van der Waals surface area contributed by atoms with E-state index < -0.39 is 6.10 Å². The molecule has 0 aromatic carbocycles. The molecule has 0 aromatic rings. The summed E-state index contributed by atoms with van der Waals surface area (Å²) in [6, 6.07) is 0. The minimum atomic E-state index is -0.787. The van der Waals surface area contributed by atoms with Gasteiger partial charge in [0, 0.05) is 19.3 Å². The quantitative estimate of drug-likeness (QED) is 0.0262. The summed E-state index contributed by atoms with van der Waals surface area (Å²) in [6.45, 7) is 6.48. The summed E-state index contributed by atoms with van der Waals surface area (Å²) in [5.74, 6) is -0.907. The zero-order valence-corrected chi connectivity index (χ0v) is 42.3. The monoisotopic (exact) mass is 895 g/mol. The van der Waals surface area contributed by atoms with Gasteiger partial charge in [-0.2, -0.15) is 0 Å². The maximum atomic E-state index is 12.8. The minimum Gasteiger partial charge on any atom is -0.462 e. The maximum Gasteiger partial charge on any atom is 0.306 e. The first-order valence-electron chi connectivity index (χ1n) is 27.3. The Labute approximate surface area is 396 Å². The van der Waals surface area contributed by atoms with Gasteiger partial charge in [-0.25, -0.2) is 0 Å². The number of rotatable bonds is 49. The van der Waals surface area contributed by atoms with Crippen LogP contribution < -0.4 is 0 Å². The lowest BCUT2D eigenvalue weighted by Gasteiger charge is -2.18. The van der Waals surface area contributed by atoms with Crippen molar-refractivity contribution in [2.45, 2.75) is 277 Å². The van der Waals surface area contributed by atoms with Gasteiger partial charge in [0.2, 0.25) is 0 Å². The van der Waals surface area contributed by atoms with Gasteiger partial charge in [0.05, 0.1) is 0 Å². The molecule has 64 heavy (non-hydrogen) atoms. The van der Waals surface area contributed by atoms with E-state index in [0.717, 1.165) is 116 Å². The summed E-state index contributed by atoms with van der Waals surface area (Å²) in [4.78, 5) is 38.1. The predicted molar refractivity (Wildman–Crippen MR) is 275 cm³/mol. The fourth-order valence-electron chi connectivity index (χ4n) is 7.65. The first kappa shape index (κ1) is 61.1. The Morgan fingerprint density at radius 3 is 1.00 bits per heavy atom. The summed E-state index contributed by atoms with van der Waals surface area (Å²) in [5.41, 5.74) is 0. The lowest BCUT2D eigenvalue weighted by molar-refractivity contribution is -0.167. The number of unbranched alkanes of at least 4 members (excludes halogenated alkanes) is 28. The third-order valence-electron chi connectivity index (χ3n) is 11.8. The van der Waals surface area contributed by atoms with E-state index in [1.165, 1.54) is 116 Å². The van der Waals surface area contributed by atoms with E-state index in [1.807, 2.05) is 0 Å². The Kier molecular flexibility index (Phi) is 50.4. The van der Waals surface area contributed by atoms with Crippen molar-refractivity contribution in [1.82, 2.24) is 0 Å². The third kappa shape index (κ3) is 50.1. The van der Waals surface area contributed by atoms with Gasteiger partial charge in [0.15, 0.2) is 6.10 Å². The van der Waals surface area contributed by atoms with E-state index >= 15 is 0 Å². The number of carbonyl (C=O) groups excluding carboxylic acids is 3. The number of esters is 3. The summed E-state index contributed by atoms with van der Waals surface area (Å²) < 4.78 is 16.8. The average Bonchev–Trinajstić information content (AvgIpc) is 3.29. The summed E-state index contributed by atoms with van der Waals surface area (Å²) in [5, 5.41) is 0. The lowest BCUT2D eigenvalue weighted by Crippen LogP contribution is -2.30. The molecule has 0 spiro atoms. The molecule has 0 heterocycles. The lowest BCUT2D eigenvalue weighted by atomic mass is 10.0. The Bertz CT molecular complexity index is 1170. The largest absolute Gasteiger partial charge is 0.462 e. The zero-order chi connectivity index (χ0) is 46.5. The van der Waals surface area contributed by atoms with Crippen LogP contribution in [0.5, 0.6) is 0 Å². The van der Waals surface area contributed by atoms with Crippen molar-refractivity contribution in [3.63, 3.8) is 0 Å². The third-order valence-corrected chi connectivity index (χ3v) is 11.8. The molecule has 0 amide bonds. The van der Waals surface area contributed by atoms with E-state index in [1.54, 1.807) is 0 Å². The second-order valence-corrected chi connectivity index (χ2v) is 18.1. The van der Waals surface area contributed by atoms with Crippen LogP contribution >= 0.6 is 0 Å². The van der Waals surface area contributed by atoms with Crippen molar-refractivity contribution in [3.05, 3.63) is 60.8 Å². The van der Waals surface area contributed by atoms with Crippen LogP contribution in [0, 0.1) is 0 Å². The molecule has 0 bridgehead atoms. The predicted octanol–water partition coefficient (Wildman–Crippen LogP) is 18.0. The molecular weight excluding hydrogens is 793 g/mol. The molecule has 6 nitrogen and oxygen atoms in total. The molecule has 6 heteroatoms. The Morgan fingerprint density at radius 2 is 0.625 bits per heavy atom. The highest BCUT2D eigenvalue weighted by Gasteiger charge is 2.19. The Hall–Kier alpha value is -2.89. The van der Waals surface area contributed by atoms with Gasteiger partial charge in [-0.1, -0.05) is 236 Å². The van der Waals surface area contributed by atoms with Crippen LogP contribution in [-0.4, -0.2) is 37.2 Å². The smallest absolute Gasteiger partial charge is 0.306 e. The second-order valence-electron chi connectivity index (χ2n) is 18.1. The molecular formula is C58H102O6. The fraction of sp³-hybridized carbons (Fsp3) is 0.776. The molecule has 0 aromatic heterocycles. The van der Waals surface area contributed by atoms with Crippen LogP contribution in [0.3, 0.4) is 0 Å². The highest BCUT2D eigenvalue weighted by atomic mass is 16.6. The SMILES string of the molecule is CC/C=C\C/C=C\C/C=C\CCCCCCCC(=O)OC(COC(=O)CCCCCCC/C=C\C/C=C\CCCC)COC(=O)CCCCCCCCCCCCCCCCCCC. The first-order chi connectivity index (χ1) is 31.5. The molecule has 1 unspecified atom stereocenters. The standard InChI is InChI=1S/C58H102O6/c1-4-7-10-13-16-19-22-25-28-29-31-33-36-39-42-45-48-51-57(60)63-54-55(53-62-56(59)50-47-44-41-38-35-32-27-24-21-18-15-12-9-6-3)64-58(61)52-49-46-43-40-37-34-30-26-23-20-17-14-11-8-5-2/h8,11,15,17-18,20,24,26-27,30,55H,4-7,9-10,12-14,16,19,21-23,25,28-29,31-54H2,1-3H3/b11-8-,18-15-,20-17-,27-24-,30-26-. The number of carbonyl (C=O) groups is 3. The van der Waals surface area contributed by atoms with E-state index in [-0.39, 0.29) is 31.1 Å². The van der Waals surface area contributed by atoms with Gasteiger partial charge >= 0.3 is 17.9 Å². The molecule has 0 aliphatic heterocycles. The molecule has 0 N–H and O–H groups in total. The number of allylic oxidation sites excluding steroid dienone is 10. The normalized spacial score (nSPS) is 12.5. The Morgan fingerprint density at radius 1 is 0.328 bits per heavy atom. The van der Waals surface area contributed by atoms with Crippen LogP contribution in [0.4, 0.5) is 0 Å². The van der Waals surface area contributed by atoms with Gasteiger partial charge in [-0.15, -0.1) is 0 Å². The van der Waals surface area contributed by atoms with Crippen LogP contribution in [-0.2, 0) is 28.6 Å². The van der Waals surface area contributed by atoms with Crippen LogP contribution in [0.1, 0.15) is 271 Å². The molecule has 370 valence electrons. The van der Waals surface area contributed by atoms with Crippen molar-refractivity contribution in [3.8, 4) is 0 Å². The molecule has 0 fully saturated rings. The topological polar surface area (TPSA) is 78.9 Å². The van der Waals surface area contributed by atoms with Gasteiger partial charge < -0.3 is 14.2 Å². The molecule has 0 aliphatic rings. The van der Waals surface area contributed by atoms with E-state index in [4.69, 9.17) is 14.2 Å². The van der Waals surface area contributed by atoms with Gasteiger partial charge in [0.1, 0.15) is 13.2 Å². The highest BCUT2D eigenvalue weighted by molar-refractivity contribution is 5.71. The van der Waals surface area contributed by atoms with Crippen molar-refractivity contribution >= 4 is 17.9 Å². The van der Waals surface area contributed by atoms with E-state index in [9.17, 15) is 14.4 Å². The van der Waals surface area contributed by atoms with Crippen LogP contribution in [0.2, 0.25) is 0 Å². The van der Waals surface area contributed by atoms with Gasteiger partial charge in [0.25, 0.3) is 0 Å². The first-order valence-corrected chi connectivity index (χ1v) is 27.3. The molecule has 1 atom stereocenters. The Balaban J connectivity index is 4.39. The van der Waals surface area contributed by atoms with Crippen molar-refractivity contribution < 1.29 is 28.6 Å². The molecule has 0 saturated carbocycles. The van der Waals surface area contributed by atoms with Crippen LogP contribution in [0.15, 0.2) is 60.8 Å². The summed E-state index contributed by atoms with van der Waals surface area (Å²) in [6.07, 6.45) is 64.9. The average molecular weight is 895 g/mol. The van der Waals surface area contributed by atoms with Crippen LogP contribution in [0.25, 0.3) is 0 Å². The van der Waals surface area contributed by atoms with E-state index in [2.05, 4.69) is 81.5 Å². The molecule has 0 rings (SSSR count). The fourth-order valence-corrected chi connectivity index (χ4v) is 7.65. The molecule has 0 aliphatic carbocycles. The number of hydrogen-bond donors (Lipinski definition) is 0. The molecule has 0 saturated heterocycles. The molecule has 0 radical (unpaired) electrons. The summed E-state index contributed by atoms with van der Waals surface area (Å²) in [7, 11) is 0. The van der Waals surface area contributed by atoms with Crippen molar-refractivity contribution in [1.29, 1.82) is 0 Å². The minimum absolute atomic E-state index is 0.0837. The maximum absolute atomic E-state index is 12.8. The zero-order valence-electron chi connectivity index (χ0n) is 42.3. The van der Waals surface area contributed by atoms with Gasteiger partial charge in [-0.05, 0) is 77.0 Å². The highest BCUT2D eigenvalue weighted by Crippen LogP contribution is 2.16. The van der Waals surface area contributed by atoms with E-state index in [0.29, 0.717) is 19.3 Å². The number of hydrogen-bond acceptors (Lipinski definition) is 6. The second kappa shape index (κ2) is 52.7. The summed E-state index contributed by atoms with van der Waals surface area (Å²) >= 11 is 0. The number of ether oxygens (including phenoxy) is 3. The van der Waals surface area contributed by atoms with Crippen molar-refractivity contribution in [2.24, 2.45) is 0 Å².